The van der Waals surface area contributed by atoms with E-state index in [4.69, 9.17) is 4.74 Å². The molecule has 2 bridgehead atoms. The first-order chi connectivity index (χ1) is 21.9. The average Bonchev–Trinajstić information content (AvgIpc) is 3.72. The van der Waals surface area contributed by atoms with Gasteiger partial charge in [-0.15, -0.1) is 13.2 Å². The summed E-state index contributed by atoms with van der Waals surface area (Å²) >= 11 is 0. The van der Waals surface area contributed by atoms with E-state index in [0.717, 1.165) is 43.2 Å². The van der Waals surface area contributed by atoms with Crippen LogP contribution in [0.3, 0.4) is 0 Å². The van der Waals surface area contributed by atoms with Crippen molar-refractivity contribution in [2.24, 2.45) is 11.8 Å². The number of carbonyl (C=O) groups excluding carboxylic acids is 3. The fourth-order valence-corrected chi connectivity index (χ4v) is 8.53. The Hall–Kier alpha value is -3.75. The minimum Gasteiger partial charge on any atom is -0.394 e. The smallest absolute Gasteiger partial charge is 0.248 e. The summed E-state index contributed by atoms with van der Waals surface area (Å²) in [5.41, 5.74) is 0.573. The fourth-order valence-electron chi connectivity index (χ4n) is 8.53. The lowest BCUT2D eigenvalue weighted by Gasteiger charge is -2.42. The van der Waals surface area contributed by atoms with Gasteiger partial charge in [0.15, 0.2) is 0 Å². The molecule has 3 aliphatic heterocycles. The lowest BCUT2D eigenvalue weighted by atomic mass is 9.70. The Labute approximate surface area is 266 Å². The molecule has 1 aliphatic carbocycles. The molecule has 8 nitrogen and oxygen atoms in total. The van der Waals surface area contributed by atoms with Crippen LogP contribution in [0, 0.1) is 11.8 Å². The minimum absolute atomic E-state index is 0.0472. The van der Waals surface area contributed by atoms with Crippen molar-refractivity contribution in [3.8, 4) is 0 Å². The molecule has 4 aliphatic rings. The largest absolute Gasteiger partial charge is 0.394 e. The topological polar surface area (TPSA) is 90.4 Å². The zero-order chi connectivity index (χ0) is 31.6. The van der Waals surface area contributed by atoms with Crippen LogP contribution < -0.4 is 0 Å². The maximum atomic E-state index is 14.9. The summed E-state index contributed by atoms with van der Waals surface area (Å²) in [6.07, 6.45) is 9.13. The van der Waals surface area contributed by atoms with Crippen LogP contribution in [0.5, 0.6) is 0 Å². The van der Waals surface area contributed by atoms with Crippen molar-refractivity contribution < 1.29 is 24.2 Å². The zero-order valence-electron chi connectivity index (χ0n) is 26.0. The number of hydrogen-bond donors (Lipinski definition) is 1. The third-order valence-electron chi connectivity index (χ3n) is 10.5. The van der Waals surface area contributed by atoms with Gasteiger partial charge in [-0.2, -0.15) is 0 Å². The Balaban J connectivity index is 1.41. The first kappa shape index (κ1) is 31.2. The van der Waals surface area contributed by atoms with E-state index in [2.05, 4.69) is 13.2 Å². The highest BCUT2D eigenvalue weighted by Gasteiger charge is 2.75. The predicted molar refractivity (Wildman–Crippen MR) is 172 cm³/mol. The summed E-state index contributed by atoms with van der Waals surface area (Å²) in [5, 5.41) is 10.8. The van der Waals surface area contributed by atoms with Crippen LogP contribution >= 0.6 is 0 Å². The van der Waals surface area contributed by atoms with E-state index in [0.29, 0.717) is 32.5 Å². The molecule has 2 aromatic carbocycles. The molecule has 1 N–H and O–H groups in total. The fraction of sp³-hybridized carbons (Fsp3) is 0.486. The lowest BCUT2D eigenvalue weighted by Crippen LogP contribution is -2.59. The van der Waals surface area contributed by atoms with Gasteiger partial charge in [-0.3, -0.25) is 14.4 Å². The molecule has 8 heteroatoms. The van der Waals surface area contributed by atoms with Gasteiger partial charge in [0, 0.05) is 25.7 Å². The quantitative estimate of drug-likeness (QED) is 0.353. The normalized spacial score (nSPS) is 28.0. The summed E-state index contributed by atoms with van der Waals surface area (Å²) in [7, 11) is 0. The molecule has 45 heavy (non-hydrogen) atoms. The van der Waals surface area contributed by atoms with Gasteiger partial charge >= 0.3 is 0 Å². The molecule has 6 rings (SSSR count). The summed E-state index contributed by atoms with van der Waals surface area (Å²) in [4.78, 5) is 49.4. The van der Waals surface area contributed by atoms with Gasteiger partial charge in [-0.25, -0.2) is 0 Å². The summed E-state index contributed by atoms with van der Waals surface area (Å²) < 4.78 is 6.79. The van der Waals surface area contributed by atoms with E-state index in [-0.39, 0.29) is 30.4 Å². The maximum Gasteiger partial charge on any atom is 0.248 e. The van der Waals surface area contributed by atoms with Crippen molar-refractivity contribution in [1.29, 1.82) is 0 Å². The summed E-state index contributed by atoms with van der Waals surface area (Å²) in [6, 6.07) is 17.5. The number of carbonyl (C=O) groups is 3. The number of ether oxygens (including phenoxy) is 1. The number of aliphatic hydroxyl groups excluding tert-OH is 1. The molecule has 3 saturated heterocycles. The molecule has 3 heterocycles. The molecule has 3 amide bonds. The van der Waals surface area contributed by atoms with E-state index >= 15 is 0 Å². The number of fused-ring (bicyclic) bond motifs is 1. The van der Waals surface area contributed by atoms with Crippen LogP contribution in [-0.4, -0.2) is 81.0 Å². The van der Waals surface area contributed by atoms with Crippen LogP contribution in [0.1, 0.15) is 62.1 Å². The first-order valence-electron chi connectivity index (χ1n) is 16.5. The molecular formula is C37H45N3O5. The molecule has 2 unspecified atom stereocenters. The number of rotatable bonds is 12. The monoisotopic (exact) mass is 611 g/mol. The second kappa shape index (κ2) is 13.3. The average molecular weight is 612 g/mol. The molecule has 6 atom stereocenters. The molecule has 1 saturated carbocycles. The molecular weight excluding hydrogens is 566 g/mol. The van der Waals surface area contributed by atoms with E-state index in [9.17, 15) is 19.5 Å². The van der Waals surface area contributed by atoms with Crippen molar-refractivity contribution in [1.82, 2.24) is 14.7 Å². The summed E-state index contributed by atoms with van der Waals surface area (Å²) in [6.45, 7) is 8.57. The number of nitrogens with zero attached hydrogens (tertiary/aromatic N) is 3. The van der Waals surface area contributed by atoms with E-state index in [1.807, 2.05) is 65.6 Å². The minimum atomic E-state index is -1.15. The zero-order valence-corrected chi connectivity index (χ0v) is 26.0. The van der Waals surface area contributed by atoms with Gasteiger partial charge < -0.3 is 24.5 Å². The number of benzene rings is 2. The molecule has 0 aromatic heterocycles. The molecule has 1 spiro atoms. The van der Waals surface area contributed by atoms with Crippen LogP contribution in [0.4, 0.5) is 0 Å². The van der Waals surface area contributed by atoms with Crippen molar-refractivity contribution >= 4 is 17.7 Å². The lowest BCUT2D eigenvalue weighted by molar-refractivity contribution is -0.153. The predicted octanol–water partition coefficient (Wildman–Crippen LogP) is 4.66. The van der Waals surface area contributed by atoms with Crippen LogP contribution in [0.15, 0.2) is 86.0 Å². The number of hydrogen-bond acceptors (Lipinski definition) is 5. The highest BCUT2D eigenvalue weighted by atomic mass is 16.5. The maximum absolute atomic E-state index is 14.9. The van der Waals surface area contributed by atoms with Crippen molar-refractivity contribution in [2.45, 2.75) is 81.3 Å². The van der Waals surface area contributed by atoms with Gasteiger partial charge in [-0.1, -0.05) is 92.1 Å². The van der Waals surface area contributed by atoms with Gasteiger partial charge in [-0.05, 0) is 36.8 Å². The van der Waals surface area contributed by atoms with E-state index < -0.39 is 35.6 Å². The Morgan fingerprint density at radius 2 is 1.62 bits per heavy atom. The van der Waals surface area contributed by atoms with E-state index in [1.165, 1.54) is 0 Å². The van der Waals surface area contributed by atoms with Gasteiger partial charge in [0.05, 0.1) is 30.6 Å². The molecule has 2 aromatic rings. The Morgan fingerprint density at radius 1 is 0.956 bits per heavy atom. The third-order valence-corrected chi connectivity index (χ3v) is 10.5. The van der Waals surface area contributed by atoms with Crippen molar-refractivity contribution in [3.05, 3.63) is 97.1 Å². The SMILES string of the molecule is C=CCN(Cc1ccccc1)C(=O)[C@@H]1[C@@H]2CCC3(O2)C(C(=O)N(CC=C)C2CCCCC2)N([C@H](CO)c2ccccc2)C(=O)[C@H]13. The molecule has 0 radical (unpaired) electrons. The van der Waals surface area contributed by atoms with Crippen LogP contribution in [0.2, 0.25) is 0 Å². The Morgan fingerprint density at radius 3 is 2.27 bits per heavy atom. The first-order valence-corrected chi connectivity index (χ1v) is 16.5. The van der Waals surface area contributed by atoms with E-state index in [1.54, 1.807) is 22.0 Å². The van der Waals surface area contributed by atoms with Gasteiger partial charge in [0.25, 0.3) is 0 Å². The Kier molecular flexibility index (Phi) is 9.24. The standard InChI is InChI=1S/C37H45N3O5/c1-3-22-38(24-26-14-8-5-9-15-26)34(42)31-30-20-21-37(45-30)32(31)35(43)40(29(25-41)27-16-10-6-11-17-27)33(37)36(44)39(23-4-2)28-18-12-7-13-19-28/h3-6,8-11,14-17,28-33,41H,1-2,7,12-13,18-25H2/t29-,30+,31-,32+,33?,37?/m1/s1. The highest BCUT2D eigenvalue weighted by Crippen LogP contribution is 2.60. The third kappa shape index (κ3) is 5.52. The number of amides is 3. The number of likely N-dealkylation sites (tertiary alicyclic amines) is 1. The number of aliphatic hydroxyl groups is 1. The summed E-state index contributed by atoms with van der Waals surface area (Å²) in [5.74, 6) is -2.18. The second-order valence-electron chi connectivity index (χ2n) is 13.0. The van der Waals surface area contributed by atoms with Gasteiger partial charge in [0.2, 0.25) is 17.7 Å². The van der Waals surface area contributed by atoms with Crippen molar-refractivity contribution in [2.75, 3.05) is 19.7 Å². The van der Waals surface area contributed by atoms with Crippen molar-refractivity contribution in [3.63, 3.8) is 0 Å². The Bertz CT molecular complexity index is 1390. The molecule has 238 valence electrons. The molecule has 4 fully saturated rings. The van der Waals surface area contributed by atoms with Gasteiger partial charge in [0.1, 0.15) is 11.6 Å². The van der Waals surface area contributed by atoms with Crippen LogP contribution in [0.25, 0.3) is 0 Å². The second-order valence-corrected chi connectivity index (χ2v) is 13.0. The van der Waals surface area contributed by atoms with Crippen LogP contribution in [-0.2, 0) is 25.7 Å². The highest BCUT2D eigenvalue weighted by molar-refractivity contribution is 5.99.